The first kappa shape index (κ1) is 18.3. The van der Waals surface area contributed by atoms with Crippen LogP contribution < -0.4 is 0 Å². The fraction of sp³-hybridized carbons (Fsp3) is 0.409. The van der Waals surface area contributed by atoms with Gasteiger partial charge in [-0.05, 0) is 56.2 Å². The van der Waals surface area contributed by atoms with Gasteiger partial charge in [-0.25, -0.2) is 0 Å². The Labute approximate surface area is 147 Å². The van der Waals surface area contributed by atoms with Gasteiger partial charge in [0.1, 0.15) is 0 Å². The minimum absolute atomic E-state index is 0.336. The van der Waals surface area contributed by atoms with Crippen LogP contribution in [-0.2, 0) is 0 Å². The molecular formula is C22H30N2. The Kier molecular flexibility index (Phi) is 6.19. The zero-order valence-electron chi connectivity index (χ0n) is 15.5. The summed E-state index contributed by atoms with van der Waals surface area (Å²) in [4.78, 5) is 0. The van der Waals surface area contributed by atoms with E-state index in [2.05, 4.69) is 76.4 Å². The SMILES string of the molecule is C=Cc1ccc(C)c(C2C=NN(C(CC(C=C)CC)=C(C)C)C2)c1. The molecule has 1 aliphatic heterocycles. The quantitative estimate of drug-likeness (QED) is 0.569. The van der Waals surface area contributed by atoms with E-state index in [1.54, 1.807) is 0 Å². The first-order chi connectivity index (χ1) is 11.5. The third-order valence-corrected chi connectivity index (χ3v) is 4.90. The predicted octanol–water partition coefficient (Wildman–Crippen LogP) is 5.92. The minimum Gasteiger partial charge on any atom is -0.269 e. The molecular weight excluding hydrogens is 292 g/mol. The van der Waals surface area contributed by atoms with Gasteiger partial charge in [0.05, 0.1) is 6.54 Å². The van der Waals surface area contributed by atoms with E-state index in [9.17, 15) is 0 Å². The van der Waals surface area contributed by atoms with Crippen molar-refractivity contribution in [2.75, 3.05) is 6.54 Å². The van der Waals surface area contributed by atoms with E-state index in [4.69, 9.17) is 5.10 Å². The highest BCUT2D eigenvalue weighted by Gasteiger charge is 2.24. The van der Waals surface area contributed by atoms with E-state index in [0.29, 0.717) is 11.8 Å². The van der Waals surface area contributed by atoms with Crippen LogP contribution in [0.1, 0.15) is 56.2 Å². The minimum atomic E-state index is 0.336. The third kappa shape index (κ3) is 4.05. The van der Waals surface area contributed by atoms with Crippen molar-refractivity contribution in [1.82, 2.24) is 5.01 Å². The molecule has 1 aromatic rings. The second-order valence-electron chi connectivity index (χ2n) is 6.83. The summed E-state index contributed by atoms with van der Waals surface area (Å²) in [5.41, 5.74) is 6.50. The second-order valence-corrected chi connectivity index (χ2v) is 6.83. The lowest BCUT2D eigenvalue weighted by Gasteiger charge is -2.24. The predicted molar refractivity (Wildman–Crippen MR) is 106 cm³/mol. The fourth-order valence-electron chi connectivity index (χ4n) is 3.20. The maximum absolute atomic E-state index is 4.72. The van der Waals surface area contributed by atoms with Crippen LogP contribution in [0, 0.1) is 12.8 Å². The Balaban J connectivity index is 2.20. The maximum atomic E-state index is 4.72. The third-order valence-electron chi connectivity index (χ3n) is 4.90. The summed E-state index contributed by atoms with van der Waals surface area (Å²) in [7, 11) is 0. The topological polar surface area (TPSA) is 15.6 Å². The van der Waals surface area contributed by atoms with Crippen LogP contribution in [0.4, 0.5) is 0 Å². The molecule has 2 atom stereocenters. The number of nitrogens with zero attached hydrogens (tertiary/aromatic N) is 2. The number of hydrogen-bond acceptors (Lipinski definition) is 2. The summed E-state index contributed by atoms with van der Waals surface area (Å²) in [6.07, 6.45) is 8.19. The number of hydrazone groups is 1. The highest BCUT2D eigenvalue weighted by Crippen LogP contribution is 2.30. The summed E-state index contributed by atoms with van der Waals surface area (Å²) in [5, 5.41) is 6.91. The molecule has 0 saturated carbocycles. The van der Waals surface area contributed by atoms with Crippen LogP contribution in [0.15, 0.2) is 53.8 Å². The molecule has 24 heavy (non-hydrogen) atoms. The summed E-state index contributed by atoms with van der Waals surface area (Å²) >= 11 is 0. The Bertz CT molecular complexity index is 663. The van der Waals surface area contributed by atoms with Gasteiger partial charge < -0.3 is 0 Å². The number of hydrogen-bond donors (Lipinski definition) is 0. The van der Waals surface area contributed by atoms with E-state index < -0.39 is 0 Å². The van der Waals surface area contributed by atoms with Crippen LogP contribution in [0.3, 0.4) is 0 Å². The van der Waals surface area contributed by atoms with Crippen LogP contribution >= 0.6 is 0 Å². The molecule has 2 rings (SSSR count). The summed E-state index contributed by atoms with van der Waals surface area (Å²) in [5.74, 6) is 0.845. The lowest BCUT2D eigenvalue weighted by Crippen LogP contribution is -2.20. The molecule has 0 radical (unpaired) electrons. The Morgan fingerprint density at radius 2 is 2.12 bits per heavy atom. The van der Waals surface area contributed by atoms with Crippen molar-refractivity contribution < 1.29 is 0 Å². The van der Waals surface area contributed by atoms with Gasteiger partial charge in [0.25, 0.3) is 0 Å². The van der Waals surface area contributed by atoms with Crippen molar-refractivity contribution in [3.63, 3.8) is 0 Å². The van der Waals surface area contributed by atoms with Crippen molar-refractivity contribution in [3.05, 3.63) is 65.4 Å². The molecule has 128 valence electrons. The van der Waals surface area contributed by atoms with Gasteiger partial charge in [0.15, 0.2) is 0 Å². The zero-order valence-corrected chi connectivity index (χ0v) is 15.5. The van der Waals surface area contributed by atoms with E-state index in [0.717, 1.165) is 19.4 Å². The van der Waals surface area contributed by atoms with E-state index in [1.807, 2.05) is 6.08 Å². The molecule has 0 N–H and O–H groups in total. The molecule has 0 bridgehead atoms. The first-order valence-corrected chi connectivity index (χ1v) is 8.83. The molecule has 0 aromatic heterocycles. The molecule has 2 nitrogen and oxygen atoms in total. The molecule has 0 saturated heterocycles. The number of benzene rings is 1. The Hall–Kier alpha value is -2.09. The van der Waals surface area contributed by atoms with Crippen molar-refractivity contribution in [2.45, 2.75) is 46.5 Å². The van der Waals surface area contributed by atoms with Crippen molar-refractivity contribution >= 4 is 12.3 Å². The van der Waals surface area contributed by atoms with Crippen LogP contribution in [0.2, 0.25) is 0 Å². The van der Waals surface area contributed by atoms with Crippen molar-refractivity contribution in [3.8, 4) is 0 Å². The molecule has 1 heterocycles. The Morgan fingerprint density at radius 3 is 2.71 bits per heavy atom. The molecule has 1 aliphatic rings. The van der Waals surface area contributed by atoms with Crippen LogP contribution in [0.5, 0.6) is 0 Å². The van der Waals surface area contributed by atoms with E-state index in [-0.39, 0.29) is 0 Å². The van der Waals surface area contributed by atoms with E-state index >= 15 is 0 Å². The molecule has 0 aliphatic carbocycles. The zero-order chi connectivity index (χ0) is 17.7. The second kappa shape index (κ2) is 8.14. The van der Waals surface area contributed by atoms with E-state index in [1.165, 1.54) is 28.0 Å². The normalized spacial score (nSPS) is 17.7. The van der Waals surface area contributed by atoms with Gasteiger partial charge in [0.2, 0.25) is 0 Å². The lowest BCUT2D eigenvalue weighted by atomic mass is 9.93. The number of aryl methyl sites for hydroxylation is 1. The van der Waals surface area contributed by atoms with Gasteiger partial charge in [-0.2, -0.15) is 5.10 Å². The highest BCUT2D eigenvalue weighted by molar-refractivity contribution is 5.71. The van der Waals surface area contributed by atoms with Gasteiger partial charge >= 0.3 is 0 Å². The van der Waals surface area contributed by atoms with Crippen molar-refractivity contribution in [1.29, 1.82) is 0 Å². The van der Waals surface area contributed by atoms with Crippen molar-refractivity contribution in [2.24, 2.45) is 11.0 Å². The first-order valence-electron chi connectivity index (χ1n) is 8.83. The van der Waals surface area contributed by atoms with Gasteiger partial charge in [-0.3, -0.25) is 5.01 Å². The molecule has 2 unspecified atom stereocenters. The molecule has 0 amide bonds. The number of allylic oxidation sites excluding steroid dienone is 3. The van der Waals surface area contributed by atoms with Gasteiger partial charge in [-0.15, -0.1) is 6.58 Å². The van der Waals surface area contributed by atoms with Gasteiger partial charge in [0, 0.05) is 17.8 Å². The summed E-state index contributed by atoms with van der Waals surface area (Å²) in [6, 6.07) is 6.53. The molecule has 0 spiro atoms. The molecule has 2 heteroatoms. The summed E-state index contributed by atoms with van der Waals surface area (Å²) in [6.45, 7) is 17.5. The number of rotatable bonds is 7. The standard InChI is InChI=1S/C22H30N2/c1-7-18(8-2)13-22(16(4)5)24-15-20(14-23-24)21-12-19(9-3)11-10-17(21)6/h7,9-12,14,18,20H,1,3,8,13,15H2,2,4-6H3. The van der Waals surface area contributed by atoms with Crippen LogP contribution in [0.25, 0.3) is 6.08 Å². The maximum Gasteiger partial charge on any atom is 0.0531 e. The summed E-state index contributed by atoms with van der Waals surface area (Å²) < 4.78 is 0. The lowest BCUT2D eigenvalue weighted by molar-refractivity contribution is 0.355. The van der Waals surface area contributed by atoms with Gasteiger partial charge in [-0.1, -0.05) is 49.4 Å². The molecule has 0 fully saturated rings. The average Bonchev–Trinajstić information content (AvgIpc) is 3.05. The monoisotopic (exact) mass is 322 g/mol. The smallest absolute Gasteiger partial charge is 0.0531 e. The van der Waals surface area contributed by atoms with Crippen LogP contribution in [-0.4, -0.2) is 17.8 Å². The fourth-order valence-corrected chi connectivity index (χ4v) is 3.20. The highest BCUT2D eigenvalue weighted by atomic mass is 15.5. The molecule has 1 aromatic carbocycles. The average molecular weight is 322 g/mol. The Morgan fingerprint density at radius 1 is 1.38 bits per heavy atom. The largest absolute Gasteiger partial charge is 0.269 e.